The SMILES string of the molecule is CCCCCCCCCCCCCC/C=C/CCCCCCCCO. The van der Waals surface area contributed by atoms with E-state index in [9.17, 15) is 0 Å². The molecule has 0 aliphatic rings. The minimum Gasteiger partial charge on any atom is -0.396 e. The van der Waals surface area contributed by atoms with Crippen LogP contribution in [0.5, 0.6) is 0 Å². The van der Waals surface area contributed by atoms with Crippen molar-refractivity contribution in [1.29, 1.82) is 0 Å². The molecule has 0 atom stereocenters. The molecular weight excluding hydrogens is 304 g/mol. The molecule has 25 heavy (non-hydrogen) atoms. The summed E-state index contributed by atoms with van der Waals surface area (Å²) in [5.74, 6) is 0. The smallest absolute Gasteiger partial charge is 0.0431 e. The van der Waals surface area contributed by atoms with Crippen LogP contribution in [0, 0.1) is 0 Å². The Kier molecular flexibility index (Phi) is 23.4. The lowest BCUT2D eigenvalue weighted by atomic mass is 10.0. The van der Waals surface area contributed by atoms with Gasteiger partial charge < -0.3 is 5.11 Å². The molecule has 0 saturated carbocycles. The number of hydrogen-bond acceptors (Lipinski definition) is 1. The third kappa shape index (κ3) is 23.7. The fourth-order valence-corrected chi connectivity index (χ4v) is 3.42. The van der Waals surface area contributed by atoms with E-state index in [0.29, 0.717) is 6.61 Å². The summed E-state index contributed by atoms with van der Waals surface area (Å²) in [4.78, 5) is 0. The van der Waals surface area contributed by atoms with Crippen LogP contribution in [0.2, 0.25) is 0 Å². The summed E-state index contributed by atoms with van der Waals surface area (Å²) in [5.41, 5.74) is 0. The Balaban J connectivity index is 3.03. The minimum atomic E-state index is 0.363. The van der Waals surface area contributed by atoms with Crippen molar-refractivity contribution in [2.24, 2.45) is 0 Å². The van der Waals surface area contributed by atoms with Gasteiger partial charge in [-0.15, -0.1) is 0 Å². The number of aliphatic hydroxyl groups excluding tert-OH is 1. The van der Waals surface area contributed by atoms with E-state index >= 15 is 0 Å². The molecule has 1 heteroatoms. The summed E-state index contributed by atoms with van der Waals surface area (Å²) in [6.45, 7) is 2.65. The van der Waals surface area contributed by atoms with E-state index in [0.717, 1.165) is 6.42 Å². The molecule has 0 bridgehead atoms. The third-order valence-corrected chi connectivity index (χ3v) is 5.17. The molecule has 0 aliphatic carbocycles. The van der Waals surface area contributed by atoms with Gasteiger partial charge in [0.05, 0.1) is 0 Å². The fraction of sp³-hybridized carbons (Fsp3) is 0.917. The summed E-state index contributed by atoms with van der Waals surface area (Å²) in [6, 6.07) is 0. The van der Waals surface area contributed by atoms with E-state index in [1.165, 1.54) is 122 Å². The summed E-state index contributed by atoms with van der Waals surface area (Å²) in [5, 5.41) is 8.72. The van der Waals surface area contributed by atoms with Crippen LogP contribution >= 0.6 is 0 Å². The predicted octanol–water partition coefficient (Wildman–Crippen LogP) is 8.36. The molecule has 0 saturated heterocycles. The largest absolute Gasteiger partial charge is 0.396 e. The van der Waals surface area contributed by atoms with Gasteiger partial charge >= 0.3 is 0 Å². The maximum absolute atomic E-state index is 8.72. The summed E-state index contributed by atoms with van der Waals surface area (Å²) < 4.78 is 0. The Morgan fingerprint density at radius 1 is 0.440 bits per heavy atom. The standard InChI is InChI=1S/C24H48O/c1-2-3-4-5-6-7-8-9-10-11-12-13-14-15-16-17-18-19-20-21-22-23-24-25/h15-16,25H,2-14,17-24H2,1H3/b16-15+. The van der Waals surface area contributed by atoms with Crippen LogP contribution < -0.4 is 0 Å². The van der Waals surface area contributed by atoms with Crippen molar-refractivity contribution in [2.75, 3.05) is 6.61 Å². The minimum absolute atomic E-state index is 0.363. The first-order valence-electron chi connectivity index (χ1n) is 11.7. The van der Waals surface area contributed by atoms with Crippen LogP contribution in [0.15, 0.2) is 12.2 Å². The van der Waals surface area contributed by atoms with E-state index < -0.39 is 0 Å². The van der Waals surface area contributed by atoms with Crippen LogP contribution in [0.25, 0.3) is 0 Å². The lowest BCUT2D eigenvalue weighted by Crippen LogP contribution is -1.83. The van der Waals surface area contributed by atoms with Crippen LogP contribution in [-0.4, -0.2) is 11.7 Å². The van der Waals surface area contributed by atoms with Gasteiger partial charge in [0.25, 0.3) is 0 Å². The number of hydrogen-bond donors (Lipinski definition) is 1. The van der Waals surface area contributed by atoms with Crippen molar-refractivity contribution < 1.29 is 5.11 Å². The van der Waals surface area contributed by atoms with E-state index in [1.54, 1.807) is 0 Å². The van der Waals surface area contributed by atoms with E-state index in [2.05, 4.69) is 19.1 Å². The Hall–Kier alpha value is -0.300. The van der Waals surface area contributed by atoms with Gasteiger partial charge in [-0.1, -0.05) is 115 Å². The average Bonchev–Trinajstić information content (AvgIpc) is 2.63. The zero-order valence-corrected chi connectivity index (χ0v) is 17.5. The third-order valence-electron chi connectivity index (χ3n) is 5.17. The topological polar surface area (TPSA) is 20.2 Å². The van der Waals surface area contributed by atoms with Crippen molar-refractivity contribution in [3.05, 3.63) is 12.2 Å². The van der Waals surface area contributed by atoms with Gasteiger partial charge in [-0.05, 0) is 32.1 Å². The summed E-state index contributed by atoms with van der Waals surface area (Å²) in [7, 11) is 0. The van der Waals surface area contributed by atoms with Crippen LogP contribution in [0.1, 0.15) is 135 Å². The van der Waals surface area contributed by atoms with Crippen LogP contribution in [-0.2, 0) is 0 Å². The normalized spacial score (nSPS) is 11.6. The number of rotatable bonds is 21. The molecule has 0 spiro atoms. The molecule has 0 unspecified atom stereocenters. The summed E-state index contributed by atoms with van der Waals surface area (Å²) in [6.07, 6.45) is 32.1. The maximum atomic E-state index is 8.72. The van der Waals surface area contributed by atoms with Gasteiger partial charge in [0.2, 0.25) is 0 Å². The van der Waals surface area contributed by atoms with E-state index in [1.807, 2.05) is 0 Å². The second-order valence-corrected chi connectivity index (χ2v) is 7.78. The van der Waals surface area contributed by atoms with Crippen molar-refractivity contribution in [3.8, 4) is 0 Å². The molecule has 1 N–H and O–H groups in total. The van der Waals surface area contributed by atoms with Gasteiger partial charge in [0, 0.05) is 6.61 Å². The van der Waals surface area contributed by atoms with Crippen LogP contribution in [0.3, 0.4) is 0 Å². The zero-order valence-electron chi connectivity index (χ0n) is 17.5. The van der Waals surface area contributed by atoms with Crippen molar-refractivity contribution in [3.63, 3.8) is 0 Å². The zero-order chi connectivity index (χ0) is 18.3. The second-order valence-electron chi connectivity index (χ2n) is 7.78. The Labute approximate surface area is 159 Å². The quantitative estimate of drug-likeness (QED) is 0.162. The first kappa shape index (κ1) is 24.7. The fourth-order valence-electron chi connectivity index (χ4n) is 3.42. The lowest BCUT2D eigenvalue weighted by Gasteiger charge is -2.02. The van der Waals surface area contributed by atoms with Crippen molar-refractivity contribution in [1.82, 2.24) is 0 Å². The van der Waals surface area contributed by atoms with Gasteiger partial charge in [0.1, 0.15) is 0 Å². The molecule has 1 nitrogen and oxygen atoms in total. The second kappa shape index (κ2) is 23.7. The highest BCUT2D eigenvalue weighted by Crippen LogP contribution is 2.13. The molecule has 0 rings (SSSR count). The first-order chi connectivity index (χ1) is 12.4. The van der Waals surface area contributed by atoms with Crippen LogP contribution in [0.4, 0.5) is 0 Å². The highest BCUT2D eigenvalue weighted by Gasteiger charge is 1.93. The molecule has 0 aromatic carbocycles. The molecule has 0 aromatic heterocycles. The molecular formula is C24H48O. The van der Waals surface area contributed by atoms with Gasteiger partial charge in [0.15, 0.2) is 0 Å². The predicted molar refractivity (Wildman–Crippen MR) is 114 cm³/mol. The van der Waals surface area contributed by atoms with Crippen molar-refractivity contribution >= 4 is 0 Å². The highest BCUT2D eigenvalue weighted by atomic mass is 16.2. The molecule has 0 aliphatic heterocycles. The van der Waals surface area contributed by atoms with E-state index in [4.69, 9.17) is 5.11 Å². The number of unbranched alkanes of at least 4 members (excludes halogenated alkanes) is 18. The molecule has 150 valence electrons. The molecule has 0 fully saturated rings. The lowest BCUT2D eigenvalue weighted by molar-refractivity contribution is 0.282. The monoisotopic (exact) mass is 352 g/mol. The van der Waals surface area contributed by atoms with Gasteiger partial charge in [-0.25, -0.2) is 0 Å². The molecule has 0 heterocycles. The Morgan fingerprint density at radius 2 is 0.760 bits per heavy atom. The maximum Gasteiger partial charge on any atom is 0.0431 e. The van der Waals surface area contributed by atoms with Gasteiger partial charge in [-0.2, -0.15) is 0 Å². The first-order valence-corrected chi connectivity index (χ1v) is 11.7. The van der Waals surface area contributed by atoms with Crippen molar-refractivity contribution in [2.45, 2.75) is 135 Å². The number of allylic oxidation sites excluding steroid dienone is 2. The highest BCUT2D eigenvalue weighted by molar-refractivity contribution is 4.81. The van der Waals surface area contributed by atoms with Gasteiger partial charge in [-0.3, -0.25) is 0 Å². The van der Waals surface area contributed by atoms with E-state index in [-0.39, 0.29) is 0 Å². The Bertz CT molecular complexity index is 246. The molecule has 0 amide bonds. The average molecular weight is 353 g/mol. The summed E-state index contributed by atoms with van der Waals surface area (Å²) >= 11 is 0. The molecule has 0 radical (unpaired) electrons. The molecule has 0 aromatic rings. The number of aliphatic hydroxyl groups is 1. The Morgan fingerprint density at radius 3 is 1.12 bits per heavy atom.